The van der Waals surface area contributed by atoms with Crippen LogP contribution in [-0.4, -0.2) is 11.0 Å². The summed E-state index contributed by atoms with van der Waals surface area (Å²) >= 11 is 8.63. The van der Waals surface area contributed by atoms with Gasteiger partial charge in [-0.1, -0.05) is 77.8 Å². The van der Waals surface area contributed by atoms with Crippen LogP contribution >= 0.6 is 24.8 Å². The van der Waals surface area contributed by atoms with Crippen molar-refractivity contribution < 1.29 is 4.74 Å². The molecule has 0 rings (SSSR count). The van der Waals surface area contributed by atoms with Crippen LogP contribution in [0.3, 0.4) is 0 Å². The minimum Gasteiger partial charge on any atom is -0.479 e. The molecule has 0 saturated carbocycles. The number of hydrogen-bond acceptors (Lipinski definition) is 2. The van der Waals surface area contributed by atoms with E-state index in [4.69, 9.17) is 17.0 Å². The van der Waals surface area contributed by atoms with E-state index in [-0.39, 0.29) is 0 Å². The van der Waals surface area contributed by atoms with Crippen molar-refractivity contribution in [2.24, 2.45) is 5.92 Å². The molecule has 0 radical (unpaired) electrons. The SMILES string of the molecule is CC(C)CCCCCCCCCCOC(=S)S. The molecular weight excluding hydrogens is 248 g/mol. The van der Waals surface area contributed by atoms with Crippen LogP contribution in [0, 0.1) is 5.92 Å². The van der Waals surface area contributed by atoms with Crippen molar-refractivity contribution in [3.63, 3.8) is 0 Å². The molecule has 0 N–H and O–H groups in total. The Morgan fingerprint density at radius 2 is 1.41 bits per heavy atom. The lowest BCUT2D eigenvalue weighted by molar-refractivity contribution is 0.308. The first-order valence-electron chi connectivity index (χ1n) is 6.98. The number of thiocarbonyl (C=S) groups is 1. The Kier molecular flexibility index (Phi) is 12.9. The molecule has 0 amide bonds. The Morgan fingerprint density at radius 1 is 0.941 bits per heavy atom. The van der Waals surface area contributed by atoms with Crippen molar-refractivity contribution in [3.05, 3.63) is 0 Å². The van der Waals surface area contributed by atoms with Gasteiger partial charge in [-0.25, -0.2) is 0 Å². The minimum absolute atomic E-state index is 0.371. The summed E-state index contributed by atoms with van der Waals surface area (Å²) in [5.74, 6) is 0.868. The normalized spacial score (nSPS) is 10.8. The fraction of sp³-hybridized carbons (Fsp3) is 0.929. The number of hydrogen-bond donors (Lipinski definition) is 1. The molecule has 0 spiro atoms. The van der Waals surface area contributed by atoms with Crippen molar-refractivity contribution in [2.45, 2.75) is 71.6 Å². The van der Waals surface area contributed by atoms with Crippen molar-refractivity contribution in [2.75, 3.05) is 6.61 Å². The smallest absolute Gasteiger partial charge is 0.216 e. The van der Waals surface area contributed by atoms with E-state index in [0.29, 0.717) is 4.38 Å². The highest BCUT2D eigenvalue weighted by Gasteiger charge is 1.95. The first-order valence-corrected chi connectivity index (χ1v) is 7.84. The fourth-order valence-electron chi connectivity index (χ4n) is 1.87. The van der Waals surface area contributed by atoms with Gasteiger partial charge >= 0.3 is 0 Å². The van der Waals surface area contributed by atoms with Gasteiger partial charge in [-0.2, -0.15) is 0 Å². The van der Waals surface area contributed by atoms with Gasteiger partial charge in [-0.15, -0.1) is 0 Å². The van der Waals surface area contributed by atoms with Crippen molar-refractivity contribution >= 4 is 29.2 Å². The number of unbranched alkanes of at least 4 members (excludes halogenated alkanes) is 7. The fourth-order valence-corrected chi connectivity index (χ4v) is 2.05. The lowest BCUT2D eigenvalue weighted by Gasteiger charge is -2.05. The van der Waals surface area contributed by atoms with Crippen molar-refractivity contribution in [1.29, 1.82) is 0 Å². The summed E-state index contributed by atoms with van der Waals surface area (Å²) in [7, 11) is 0. The topological polar surface area (TPSA) is 9.23 Å². The van der Waals surface area contributed by atoms with E-state index in [1.807, 2.05) is 0 Å². The maximum Gasteiger partial charge on any atom is 0.216 e. The molecule has 0 aliphatic heterocycles. The third kappa shape index (κ3) is 16.2. The maximum atomic E-state index is 5.12. The Hall–Kier alpha value is 0.240. The highest BCUT2D eigenvalue weighted by atomic mass is 32.1. The third-order valence-corrected chi connectivity index (χ3v) is 3.15. The van der Waals surface area contributed by atoms with E-state index in [2.05, 4.69) is 26.5 Å². The largest absolute Gasteiger partial charge is 0.479 e. The molecule has 102 valence electrons. The monoisotopic (exact) mass is 276 g/mol. The summed E-state index contributed by atoms with van der Waals surface area (Å²) in [4.78, 5) is 0. The summed E-state index contributed by atoms with van der Waals surface area (Å²) in [6.45, 7) is 5.34. The van der Waals surface area contributed by atoms with Crippen molar-refractivity contribution in [3.8, 4) is 0 Å². The van der Waals surface area contributed by atoms with Crippen LogP contribution in [0.2, 0.25) is 0 Å². The quantitative estimate of drug-likeness (QED) is 0.308. The molecule has 0 fully saturated rings. The standard InChI is InChI=1S/C14H28OS2/c1-13(2)11-9-7-5-3-4-6-8-10-12-15-14(16)17/h13H,3-12H2,1-2H3,(H,16,17). The predicted molar refractivity (Wildman–Crippen MR) is 83.9 cm³/mol. The number of rotatable bonds is 11. The molecular formula is C14H28OS2. The molecule has 0 aliphatic carbocycles. The molecule has 0 aromatic carbocycles. The van der Waals surface area contributed by atoms with Crippen LogP contribution in [0.5, 0.6) is 0 Å². The van der Waals surface area contributed by atoms with Crippen LogP contribution in [0.15, 0.2) is 0 Å². The maximum absolute atomic E-state index is 5.12. The van der Waals surface area contributed by atoms with Crippen LogP contribution in [0.4, 0.5) is 0 Å². The Morgan fingerprint density at radius 3 is 1.88 bits per heavy atom. The van der Waals surface area contributed by atoms with Gasteiger partial charge in [-0.05, 0) is 24.6 Å². The molecule has 17 heavy (non-hydrogen) atoms. The van der Waals surface area contributed by atoms with E-state index in [9.17, 15) is 0 Å². The Balaban J connectivity index is 2.96. The lowest BCUT2D eigenvalue weighted by atomic mass is 10.0. The zero-order valence-electron chi connectivity index (χ0n) is 11.4. The second kappa shape index (κ2) is 12.7. The van der Waals surface area contributed by atoms with Crippen LogP contribution in [0.1, 0.15) is 71.6 Å². The zero-order valence-corrected chi connectivity index (χ0v) is 13.1. The molecule has 0 aliphatic rings. The van der Waals surface area contributed by atoms with Crippen LogP contribution < -0.4 is 0 Å². The third-order valence-electron chi connectivity index (χ3n) is 2.90. The van der Waals surface area contributed by atoms with Gasteiger partial charge in [0, 0.05) is 0 Å². The molecule has 1 nitrogen and oxygen atoms in total. The minimum atomic E-state index is 0.371. The van der Waals surface area contributed by atoms with Gasteiger partial charge in [0.15, 0.2) is 0 Å². The summed E-state index contributed by atoms with van der Waals surface area (Å²) in [5.41, 5.74) is 0. The summed E-state index contributed by atoms with van der Waals surface area (Å²) in [6.07, 6.45) is 12.1. The van der Waals surface area contributed by atoms with E-state index < -0.39 is 0 Å². The average Bonchev–Trinajstić information content (AvgIpc) is 2.25. The zero-order chi connectivity index (χ0) is 12.9. The van der Waals surface area contributed by atoms with Gasteiger partial charge in [-0.3, -0.25) is 0 Å². The lowest BCUT2D eigenvalue weighted by Crippen LogP contribution is -1.95. The highest BCUT2D eigenvalue weighted by Crippen LogP contribution is 2.12. The van der Waals surface area contributed by atoms with Gasteiger partial charge in [0.1, 0.15) is 0 Å². The Bertz CT molecular complexity index is 181. The Labute approximate surface area is 118 Å². The first kappa shape index (κ1) is 17.2. The first-order chi connectivity index (χ1) is 8.13. The highest BCUT2D eigenvalue weighted by molar-refractivity contribution is 8.10. The molecule has 0 heterocycles. The molecule has 0 bridgehead atoms. The van der Waals surface area contributed by atoms with E-state index in [1.54, 1.807) is 0 Å². The number of thiol groups is 1. The van der Waals surface area contributed by atoms with E-state index >= 15 is 0 Å². The van der Waals surface area contributed by atoms with Crippen LogP contribution in [-0.2, 0) is 4.74 Å². The van der Waals surface area contributed by atoms with E-state index in [0.717, 1.165) is 18.9 Å². The van der Waals surface area contributed by atoms with Gasteiger partial charge in [0.25, 0.3) is 0 Å². The van der Waals surface area contributed by atoms with Gasteiger partial charge in [0.05, 0.1) is 6.61 Å². The molecule has 0 aromatic heterocycles. The molecule has 0 atom stereocenters. The summed E-state index contributed by atoms with van der Waals surface area (Å²) in [6, 6.07) is 0. The molecule has 0 saturated heterocycles. The van der Waals surface area contributed by atoms with Gasteiger partial charge < -0.3 is 4.74 Å². The second-order valence-corrected chi connectivity index (χ2v) is 6.20. The molecule has 0 unspecified atom stereocenters. The predicted octanol–water partition coefficient (Wildman–Crippen LogP) is 5.38. The van der Waals surface area contributed by atoms with Crippen LogP contribution in [0.25, 0.3) is 0 Å². The van der Waals surface area contributed by atoms with E-state index in [1.165, 1.54) is 51.4 Å². The summed E-state index contributed by atoms with van der Waals surface area (Å²) in [5, 5.41) is 0. The summed E-state index contributed by atoms with van der Waals surface area (Å²) < 4.78 is 5.49. The van der Waals surface area contributed by atoms with Gasteiger partial charge in [0.2, 0.25) is 4.38 Å². The molecule has 3 heteroatoms. The number of ether oxygens (including phenoxy) is 1. The van der Waals surface area contributed by atoms with Crippen molar-refractivity contribution in [1.82, 2.24) is 0 Å². The molecule has 0 aromatic rings. The average molecular weight is 277 g/mol. The second-order valence-electron chi connectivity index (χ2n) is 5.13.